The molecule has 29 heavy (non-hydrogen) atoms. The van der Waals surface area contributed by atoms with E-state index in [-0.39, 0.29) is 35.8 Å². The standard InChI is InChI=1S/C21H25N5O2.ClH/c1-14(15-6-4-3-5-7-15)25(2)21(28)17-13-23-26-18(12-19(27)24-20(17)26)16-8-10-22-11-9-16;/h3-7,12-14,16,22H,8-11H2,1-2H3,(H,24,27);1H/t14-;/m0./s1. The third-order valence-corrected chi connectivity index (χ3v) is 5.71. The molecule has 1 fully saturated rings. The van der Waals surface area contributed by atoms with E-state index >= 15 is 0 Å². The Kier molecular flexibility index (Phi) is 6.39. The lowest BCUT2D eigenvalue weighted by Gasteiger charge is -2.25. The van der Waals surface area contributed by atoms with Crippen LogP contribution < -0.4 is 10.9 Å². The van der Waals surface area contributed by atoms with Crippen molar-refractivity contribution in [3.05, 3.63) is 69.8 Å². The Morgan fingerprint density at radius 3 is 2.62 bits per heavy atom. The van der Waals surface area contributed by atoms with Crippen LogP contribution in [0.4, 0.5) is 0 Å². The first-order chi connectivity index (χ1) is 13.6. The molecule has 0 spiro atoms. The highest BCUT2D eigenvalue weighted by Gasteiger charge is 2.25. The SMILES string of the molecule is C[C@@H](c1ccccc1)N(C)C(=O)c1cnn2c(C3CCNCC3)cc(=O)[nH]c12.Cl. The molecule has 154 valence electrons. The molecule has 1 aliphatic heterocycles. The second-order valence-corrected chi connectivity index (χ2v) is 7.40. The van der Waals surface area contributed by atoms with E-state index in [2.05, 4.69) is 15.4 Å². The summed E-state index contributed by atoms with van der Waals surface area (Å²) in [6, 6.07) is 11.4. The van der Waals surface area contributed by atoms with Gasteiger partial charge in [0, 0.05) is 19.0 Å². The van der Waals surface area contributed by atoms with Crippen LogP contribution in [0.3, 0.4) is 0 Å². The van der Waals surface area contributed by atoms with Crippen LogP contribution in [0, 0.1) is 0 Å². The summed E-state index contributed by atoms with van der Waals surface area (Å²) >= 11 is 0. The Bertz CT molecular complexity index is 1040. The van der Waals surface area contributed by atoms with Gasteiger partial charge in [-0.1, -0.05) is 30.3 Å². The summed E-state index contributed by atoms with van der Waals surface area (Å²) in [5.74, 6) is 0.0966. The predicted molar refractivity (Wildman–Crippen MR) is 115 cm³/mol. The second-order valence-electron chi connectivity index (χ2n) is 7.40. The van der Waals surface area contributed by atoms with Crippen molar-refractivity contribution >= 4 is 24.0 Å². The third-order valence-electron chi connectivity index (χ3n) is 5.71. The molecule has 0 saturated carbocycles. The number of aromatic amines is 1. The van der Waals surface area contributed by atoms with E-state index in [0.29, 0.717) is 11.2 Å². The van der Waals surface area contributed by atoms with Gasteiger partial charge in [-0.2, -0.15) is 5.10 Å². The molecular weight excluding hydrogens is 390 g/mol. The lowest BCUT2D eigenvalue weighted by molar-refractivity contribution is 0.0744. The predicted octanol–water partition coefficient (Wildman–Crippen LogP) is 2.74. The van der Waals surface area contributed by atoms with Gasteiger partial charge in [-0.05, 0) is 38.4 Å². The number of amides is 1. The van der Waals surface area contributed by atoms with Gasteiger partial charge >= 0.3 is 0 Å². The van der Waals surface area contributed by atoms with Gasteiger partial charge in [0.2, 0.25) is 0 Å². The number of hydrogen-bond donors (Lipinski definition) is 2. The number of rotatable bonds is 4. The molecule has 1 amide bonds. The number of nitrogens with zero attached hydrogens (tertiary/aromatic N) is 3. The van der Waals surface area contributed by atoms with Crippen LogP contribution in [0.2, 0.25) is 0 Å². The van der Waals surface area contributed by atoms with Crippen molar-refractivity contribution in [3.8, 4) is 0 Å². The largest absolute Gasteiger partial charge is 0.335 e. The maximum absolute atomic E-state index is 13.2. The summed E-state index contributed by atoms with van der Waals surface area (Å²) in [6.07, 6.45) is 3.46. The number of benzene rings is 1. The quantitative estimate of drug-likeness (QED) is 0.686. The molecule has 0 radical (unpaired) electrons. The minimum absolute atomic E-state index is 0. The highest BCUT2D eigenvalue weighted by molar-refractivity contribution is 5.99. The van der Waals surface area contributed by atoms with Gasteiger partial charge in [0.1, 0.15) is 11.2 Å². The minimum atomic E-state index is -0.200. The van der Waals surface area contributed by atoms with Crippen LogP contribution in [-0.4, -0.2) is 45.5 Å². The van der Waals surface area contributed by atoms with Gasteiger partial charge in [-0.3, -0.25) is 9.59 Å². The second kappa shape index (κ2) is 8.80. The Balaban J connectivity index is 0.00000240. The fourth-order valence-electron chi connectivity index (χ4n) is 3.90. The van der Waals surface area contributed by atoms with E-state index in [0.717, 1.165) is 37.2 Å². The van der Waals surface area contributed by atoms with Crippen LogP contribution in [0.25, 0.3) is 5.65 Å². The van der Waals surface area contributed by atoms with Gasteiger partial charge in [-0.15, -0.1) is 12.4 Å². The van der Waals surface area contributed by atoms with Crippen molar-refractivity contribution in [2.75, 3.05) is 20.1 Å². The number of nitrogens with one attached hydrogen (secondary N) is 2. The number of carbonyl (C=O) groups is 1. The fraction of sp³-hybridized carbons (Fsp3) is 0.381. The zero-order chi connectivity index (χ0) is 19.7. The molecule has 1 atom stereocenters. The van der Waals surface area contributed by atoms with Crippen molar-refractivity contribution in [2.45, 2.75) is 31.7 Å². The third kappa shape index (κ3) is 4.06. The summed E-state index contributed by atoms with van der Waals surface area (Å²) in [5.41, 5.74) is 2.61. The maximum atomic E-state index is 13.2. The molecule has 0 aliphatic carbocycles. The average molecular weight is 416 g/mol. The van der Waals surface area contributed by atoms with E-state index in [1.165, 1.54) is 0 Å². The fourth-order valence-corrected chi connectivity index (χ4v) is 3.90. The van der Waals surface area contributed by atoms with E-state index in [1.54, 1.807) is 28.7 Å². The minimum Gasteiger partial charge on any atom is -0.335 e. The van der Waals surface area contributed by atoms with Crippen molar-refractivity contribution in [1.82, 2.24) is 24.8 Å². The Morgan fingerprint density at radius 1 is 1.24 bits per heavy atom. The molecule has 2 N–H and O–H groups in total. The Morgan fingerprint density at radius 2 is 1.93 bits per heavy atom. The lowest BCUT2D eigenvalue weighted by Crippen LogP contribution is -2.30. The molecule has 2 aromatic heterocycles. The highest BCUT2D eigenvalue weighted by atomic mass is 35.5. The lowest BCUT2D eigenvalue weighted by atomic mass is 9.94. The molecular formula is C21H26ClN5O2. The van der Waals surface area contributed by atoms with E-state index in [9.17, 15) is 9.59 Å². The summed E-state index contributed by atoms with van der Waals surface area (Å²) in [7, 11) is 1.78. The summed E-state index contributed by atoms with van der Waals surface area (Å²) in [6.45, 7) is 3.83. The Labute approximate surface area is 175 Å². The number of fused-ring (bicyclic) bond motifs is 1. The zero-order valence-electron chi connectivity index (χ0n) is 16.6. The van der Waals surface area contributed by atoms with Crippen molar-refractivity contribution in [1.29, 1.82) is 0 Å². The van der Waals surface area contributed by atoms with Crippen LogP contribution in [0.1, 0.15) is 53.3 Å². The molecule has 1 saturated heterocycles. The van der Waals surface area contributed by atoms with Crippen molar-refractivity contribution in [2.24, 2.45) is 0 Å². The van der Waals surface area contributed by atoms with Crippen molar-refractivity contribution in [3.63, 3.8) is 0 Å². The first-order valence-electron chi connectivity index (χ1n) is 9.70. The molecule has 4 rings (SSSR count). The number of hydrogen-bond acceptors (Lipinski definition) is 4. The van der Waals surface area contributed by atoms with E-state index in [1.807, 2.05) is 37.3 Å². The monoisotopic (exact) mass is 415 g/mol. The van der Waals surface area contributed by atoms with Gasteiger partial charge < -0.3 is 15.2 Å². The summed E-state index contributed by atoms with van der Waals surface area (Å²) in [5, 5.41) is 7.79. The van der Waals surface area contributed by atoms with Gasteiger partial charge in [0.05, 0.1) is 17.9 Å². The van der Waals surface area contributed by atoms with Crippen LogP contribution in [0.15, 0.2) is 47.4 Å². The normalized spacial score (nSPS) is 15.7. The average Bonchev–Trinajstić information content (AvgIpc) is 3.16. The zero-order valence-corrected chi connectivity index (χ0v) is 17.4. The first kappa shape index (κ1) is 21.1. The van der Waals surface area contributed by atoms with Gasteiger partial charge in [0.25, 0.3) is 11.5 Å². The van der Waals surface area contributed by atoms with Crippen LogP contribution in [-0.2, 0) is 0 Å². The maximum Gasteiger partial charge on any atom is 0.259 e. The number of aromatic nitrogens is 3. The molecule has 8 heteroatoms. The van der Waals surface area contributed by atoms with Crippen LogP contribution in [0.5, 0.6) is 0 Å². The number of carbonyl (C=O) groups excluding carboxylic acids is 1. The molecule has 3 heterocycles. The Hall–Kier alpha value is -2.64. The highest BCUT2D eigenvalue weighted by Crippen LogP contribution is 2.26. The van der Waals surface area contributed by atoms with Gasteiger partial charge in [0.15, 0.2) is 0 Å². The smallest absolute Gasteiger partial charge is 0.259 e. The molecule has 0 bridgehead atoms. The topological polar surface area (TPSA) is 82.5 Å². The molecule has 0 unspecified atom stereocenters. The number of piperidine rings is 1. The number of halogens is 1. The first-order valence-corrected chi connectivity index (χ1v) is 9.70. The summed E-state index contributed by atoms with van der Waals surface area (Å²) in [4.78, 5) is 30.0. The molecule has 1 aromatic carbocycles. The van der Waals surface area contributed by atoms with Gasteiger partial charge in [-0.25, -0.2) is 4.52 Å². The van der Waals surface area contributed by atoms with Crippen molar-refractivity contribution < 1.29 is 4.79 Å². The molecule has 3 aromatic rings. The molecule has 1 aliphatic rings. The molecule has 7 nitrogen and oxygen atoms in total. The van der Waals surface area contributed by atoms with E-state index in [4.69, 9.17) is 0 Å². The summed E-state index contributed by atoms with van der Waals surface area (Å²) < 4.78 is 1.73. The number of H-pyrrole nitrogens is 1. The van der Waals surface area contributed by atoms with Crippen LogP contribution >= 0.6 is 12.4 Å². The van der Waals surface area contributed by atoms with E-state index < -0.39 is 0 Å².